The maximum Gasteiger partial charge on any atom is 0.412 e. The number of ether oxygens (including phenoxy) is 4. The van der Waals surface area contributed by atoms with Gasteiger partial charge < -0.3 is 18.9 Å². The van der Waals surface area contributed by atoms with Gasteiger partial charge in [0.05, 0.1) is 13.7 Å². The van der Waals surface area contributed by atoms with Crippen molar-refractivity contribution in [3.8, 4) is 11.8 Å². The van der Waals surface area contributed by atoms with Crippen LogP contribution in [0.4, 0.5) is 4.79 Å². The highest BCUT2D eigenvalue weighted by atomic mass is 28.3. The lowest BCUT2D eigenvalue weighted by Crippen LogP contribution is -2.45. The number of esters is 1. The SMILES string of the molecule is COC(=O)C#CC[C@@H](CCCCCCOCc1ccccc1)N(COCC[Si](C)(C)C)C(=O)OC(C)(C)C. The Morgan fingerprint density at radius 2 is 1.66 bits per heavy atom. The molecule has 0 bridgehead atoms. The number of methoxy groups -OCH3 is 1. The predicted octanol–water partition coefficient (Wildman–Crippen LogP) is 6.64. The summed E-state index contributed by atoms with van der Waals surface area (Å²) in [5, 5.41) is 0. The molecule has 214 valence electrons. The van der Waals surface area contributed by atoms with E-state index in [0.717, 1.165) is 44.8 Å². The van der Waals surface area contributed by atoms with Gasteiger partial charge in [-0.25, -0.2) is 9.59 Å². The van der Waals surface area contributed by atoms with Gasteiger partial charge in [-0.05, 0) is 45.2 Å². The van der Waals surface area contributed by atoms with Crippen molar-refractivity contribution in [2.24, 2.45) is 0 Å². The predicted molar refractivity (Wildman–Crippen MR) is 154 cm³/mol. The van der Waals surface area contributed by atoms with Crippen molar-refractivity contribution in [1.82, 2.24) is 4.90 Å². The lowest BCUT2D eigenvalue weighted by molar-refractivity contribution is -0.133. The molecule has 0 aromatic heterocycles. The molecule has 1 amide bonds. The van der Waals surface area contributed by atoms with Crippen LogP contribution in [0.25, 0.3) is 0 Å². The summed E-state index contributed by atoms with van der Waals surface area (Å²) < 4.78 is 22.1. The molecule has 7 nitrogen and oxygen atoms in total. The van der Waals surface area contributed by atoms with Gasteiger partial charge >= 0.3 is 12.1 Å². The zero-order chi connectivity index (χ0) is 28.4. The molecule has 1 rings (SSSR count). The zero-order valence-electron chi connectivity index (χ0n) is 24.6. The first kappa shape index (κ1) is 33.7. The number of benzene rings is 1. The highest BCUT2D eigenvalue weighted by molar-refractivity contribution is 6.76. The average Bonchev–Trinajstić information content (AvgIpc) is 2.83. The number of carbonyl (C=O) groups is 2. The molecule has 0 N–H and O–H groups in total. The van der Waals surface area contributed by atoms with E-state index in [2.05, 4.69) is 48.4 Å². The van der Waals surface area contributed by atoms with Crippen LogP contribution < -0.4 is 0 Å². The van der Waals surface area contributed by atoms with Crippen molar-refractivity contribution in [2.45, 2.75) is 103 Å². The Labute approximate surface area is 231 Å². The van der Waals surface area contributed by atoms with Gasteiger partial charge in [0.2, 0.25) is 0 Å². The molecule has 1 atom stereocenters. The Balaban J connectivity index is 2.70. The van der Waals surface area contributed by atoms with Crippen LogP contribution in [-0.2, 0) is 30.3 Å². The molecular weight excluding hydrogens is 498 g/mol. The lowest BCUT2D eigenvalue weighted by Gasteiger charge is -2.33. The van der Waals surface area contributed by atoms with E-state index in [-0.39, 0.29) is 12.8 Å². The number of amides is 1. The molecule has 0 radical (unpaired) electrons. The minimum absolute atomic E-state index is 0.136. The van der Waals surface area contributed by atoms with Crippen LogP contribution in [0.3, 0.4) is 0 Å². The van der Waals surface area contributed by atoms with Crippen molar-refractivity contribution in [1.29, 1.82) is 0 Å². The zero-order valence-corrected chi connectivity index (χ0v) is 25.6. The van der Waals surface area contributed by atoms with Gasteiger partial charge in [0.15, 0.2) is 0 Å². The van der Waals surface area contributed by atoms with Gasteiger partial charge in [-0.15, -0.1) is 0 Å². The second-order valence-corrected chi connectivity index (χ2v) is 17.3. The van der Waals surface area contributed by atoms with Gasteiger partial charge in [-0.1, -0.05) is 75.2 Å². The second-order valence-electron chi connectivity index (χ2n) is 11.7. The molecule has 0 spiro atoms. The summed E-state index contributed by atoms with van der Waals surface area (Å²) in [5.41, 5.74) is 0.549. The van der Waals surface area contributed by atoms with Gasteiger partial charge in [-0.3, -0.25) is 4.90 Å². The first-order valence-corrected chi connectivity index (χ1v) is 17.4. The average molecular weight is 548 g/mol. The summed E-state index contributed by atoms with van der Waals surface area (Å²) in [6.45, 7) is 14.5. The molecule has 0 saturated heterocycles. The maximum absolute atomic E-state index is 13.1. The molecule has 0 unspecified atom stereocenters. The van der Waals surface area contributed by atoms with E-state index in [1.165, 1.54) is 12.7 Å². The fourth-order valence-electron chi connectivity index (χ4n) is 3.53. The summed E-state index contributed by atoms with van der Waals surface area (Å²) in [7, 11) is 0.0403. The van der Waals surface area contributed by atoms with Gasteiger partial charge in [0.25, 0.3) is 0 Å². The minimum Gasteiger partial charge on any atom is -0.459 e. The summed E-state index contributed by atoms with van der Waals surface area (Å²) >= 11 is 0. The van der Waals surface area contributed by atoms with E-state index in [9.17, 15) is 9.59 Å². The summed E-state index contributed by atoms with van der Waals surface area (Å²) in [4.78, 5) is 26.3. The van der Waals surface area contributed by atoms with E-state index in [0.29, 0.717) is 19.6 Å². The largest absolute Gasteiger partial charge is 0.459 e. The molecule has 8 heteroatoms. The molecular formula is C30H49NO6Si. The normalized spacial score (nSPS) is 12.3. The molecule has 0 aliphatic carbocycles. The first-order chi connectivity index (χ1) is 17.9. The van der Waals surface area contributed by atoms with Gasteiger partial charge in [-0.2, -0.15) is 0 Å². The Kier molecular flexibility index (Phi) is 16.0. The third-order valence-corrected chi connectivity index (χ3v) is 7.40. The quantitative estimate of drug-likeness (QED) is 0.0577. The number of nitrogens with zero attached hydrogens (tertiary/aromatic N) is 1. The van der Waals surface area contributed by atoms with E-state index < -0.39 is 25.7 Å². The molecule has 0 saturated carbocycles. The van der Waals surface area contributed by atoms with Crippen LogP contribution in [0.2, 0.25) is 25.7 Å². The standard InChI is InChI=1S/C30H49NO6Si/c1-30(2,3)37-29(33)31(25-36-22-23-38(5,6)7)27(19-15-20-28(32)34-4)18-13-8-9-14-21-35-24-26-16-11-10-12-17-26/h10-12,16-17,27H,8-9,13-14,18-19,21-25H2,1-7H3/t27-/m1/s1. The van der Waals surface area contributed by atoms with Crippen LogP contribution in [-0.4, -0.2) is 63.7 Å². The first-order valence-electron chi connectivity index (χ1n) is 13.7. The number of carbonyl (C=O) groups excluding carboxylic acids is 2. The highest BCUT2D eigenvalue weighted by Crippen LogP contribution is 2.19. The number of rotatable bonds is 16. The molecule has 38 heavy (non-hydrogen) atoms. The molecule has 0 aliphatic rings. The van der Waals surface area contributed by atoms with Crippen molar-refractivity contribution < 1.29 is 28.5 Å². The number of hydrogen-bond acceptors (Lipinski definition) is 6. The van der Waals surface area contributed by atoms with Gasteiger partial charge in [0.1, 0.15) is 12.3 Å². The summed E-state index contributed by atoms with van der Waals surface area (Å²) in [5.74, 6) is 4.79. The van der Waals surface area contributed by atoms with E-state index in [4.69, 9.17) is 14.2 Å². The fraction of sp³-hybridized carbons (Fsp3) is 0.667. The van der Waals surface area contributed by atoms with Crippen LogP contribution in [0, 0.1) is 11.8 Å². The third kappa shape index (κ3) is 17.2. The molecule has 0 aliphatic heterocycles. The number of hydrogen-bond donors (Lipinski definition) is 0. The molecule has 0 heterocycles. The smallest absolute Gasteiger partial charge is 0.412 e. The Bertz CT molecular complexity index is 867. The van der Waals surface area contributed by atoms with Crippen molar-refractivity contribution >= 4 is 20.1 Å². The Morgan fingerprint density at radius 1 is 0.974 bits per heavy atom. The monoisotopic (exact) mass is 547 g/mol. The lowest BCUT2D eigenvalue weighted by atomic mass is 10.0. The topological polar surface area (TPSA) is 74.3 Å². The van der Waals surface area contributed by atoms with Crippen LogP contribution in [0.5, 0.6) is 0 Å². The van der Waals surface area contributed by atoms with Crippen molar-refractivity contribution in [2.75, 3.05) is 27.1 Å². The maximum atomic E-state index is 13.1. The number of unbranched alkanes of at least 4 members (excludes halogenated alkanes) is 3. The molecule has 1 aromatic rings. The van der Waals surface area contributed by atoms with Gasteiger partial charge in [0, 0.05) is 39.7 Å². The highest BCUT2D eigenvalue weighted by Gasteiger charge is 2.28. The second kappa shape index (κ2) is 18.0. The van der Waals surface area contributed by atoms with E-state index in [1.54, 1.807) is 4.90 Å². The molecule has 1 aromatic carbocycles. The van der Waals surface area contributed by atoms with Crippen molar-refractivity contribution in [3.63, 3.8) is 0 Å². The van der Waals surface area contributed by atoms with E-state index >= 15 is 0 Å². The van der Waals surface area contributed by atoms with Crippen LogP contribution in [0.1, 0.15) is 64.9 Å². The van der Waals surface area contributed by atoms with E-state index in [1.807, 2.05) is 39.0 Å². The summed E-state index contributed by atoms with van der Waals surface area (Å²) in [6, 6.07) is 10.9. The van der Waals surface area contributed by atoms with Crippen molar-refractivity contribution in [3.05, 3.63) is 35.9 Å². The Hall–Kier alpha value is -2.34. The Morgan fingerprint density at radius 3 is 2.29 bits per heavy atom. The fourth-order valence-corrected chi connectivity index (χ4v) is 4.29. The third-order valence-electron chi connectivity index (χ3n) is 5.70. The van der Waals surface area contributed by atoms with Crippen LogP contribution in [0.15, 0.2) is 30.3 Å². The molecule has 0 fully saturated rings. The van der Waals surface area contributed by atoms with Crippen LogP contribution >= 0.6 is 0 Å². The summed E-state index contributed by atoms with van der Waals surface area (Å²) in [6.07, 6.45) is 4.59. The minimum atomic E-state index is -1.26.